The van der Waals surface area contributed by atoms with E-state index in [2.05, 4.69) is 4.98 Å². The first-order chi connectivity index (χ1) is 8.74. The number of hydrogen-bond acceptors (Lipinski definition) is 4. The second kappa shape index (κ2) is 5.82. The Kier molecular flexibility index (Phi) is 4.15. The summed E-state index contributed by atoms with van der Waals surface area (Å²) in [6.45, 7) is 0.871. The predicted octanol–water partition coefficient (Wildman–Crippen LogP) is 1.16. The molecule has 98 valence electrons. The lowest BCUT2D eigenvalue weighted by Crippen LogP contribution is -2.35. The third-order valence-electron chi connectivity index (χ3n) is 3.36. The topological polar surface area (TPSA) is 73.7 Å². The number of carbonyl (C=O) groups is 1. The largest absolute Gasteiger partial charge is 0.505 e. The predicted molar refractivity (Wildman–Crippen MR) is 66.3 cm³/mol. The first-order valence-electron chi connectivity index (χ1n) is 6.29. The summed E-state index contributed by atoms with van der Waals surface area (Å²) >= 11 is 0. The number of aromatic nitrogens is 1. The number of nitrogens with zero attached hydrogens (tertiary/aromatic N) is 2. The van der Waals surface area contributed by atoms with Crippen LogP contribution in [0.5, 0.6) is 5.75 Å². The van der Waals surface area contributed by atoms with Gasteiger partial charge in [0.05, 0.1) is 11.8 Å². The van der Waals surface area contributed by atoms with Gasteiger partial charge in [-0.2, -0.15) is 0 Å². The number of aromatic hydroxyl groups is 1. The molecule has 5 heteroatoms. The average Bonchev–Trinajstić information content (AvgIpc) is 2.84. The number of likely N-dealkylation sites (tertiary alicyclic amines) is 1. The van der Waals surface area contributed by atoms with Crippen molar-refractivity contribution in [3.05, 3.63) is 24.0 Å². The van der Waals surface area contributed by atoms with Gasteiger partial charge in [0, 0.05) is 25.4 Å². The minimum Gasteiger partial charge on any atom is -0.505 e. The summed E-state index contributed by atoms with van der Waals surface area (Å²) in [5.41, 5.74) is 0.306. The van der Waals surface area contributed by atoms with Crippen LogP contribution < -0.4 is 0 Å². The van der Waals surface area contributed by atoms with Crippen molar-refractivity contribution in [2.24, 2.45) is 0 Å². The molecule has 1 aliphatic rings. The minimum absolute atomic E-state index is 0.0738. The van der Waals surface area contributed by atoms with E-state index in [4.69, 9.17) is 5.11 Å². The van der Waals surface area contributed by atoms with Gasteiger partial charge in [-0.15, -0.1) is 0 Å². The van der Waals surface area contributed by atoms with Crippen LogP contribution in [0.4, 0.5) is 0 Å². The molecule has 1 aromatic heterocycles. The number of rotatable bonds is 4. The first kappa shape index (κ1) is 12.8. The van der Waals surface area contributed by atoms with Crippen LogP contribution in [0.25, 0.3) is 0 Å². The van der Waals surface area contributed by atoms with Gasteiger partial charge in [-0.1, -0.05) is 0 Å². The number of aliphatic hydroxyl groups is 1. The second-order valence-corrected chi connectivity index (χ2v) is 4.55. The maximum Gasteiger partial charge on any atom is 0.257 e. The van der Waals surface area contributed by atoms with Crippen LogP contribution in [0.3, 0.4) is 0 Å². The fraction of sp³-hybridized carbons (Fsp3) is 0.538. The van der Waals surface area contributed by atoms with Gasteiger partial charge >= 0.3 is 0 Å². The molecule has 1 atom stereocenters. The molecular formula is C13H18N2O3. The van der Waals surface area contributed by atoms with E-state index in [0.717, 1.165) is 25.8 Å². The molecule has 0 spiro atoms. The number of carbonyl (C=O) groups excluding carboxylic acids is 1. The highest BCUT2D eigenvalue weighted by Crippen LogP contribution is 2.25. The van der Waals surface area contributed by atoms with Crippen molar-refractivity contribution in [2.45, 2.75) is 31.7 Å². The third kappa shape index (κ3) is 2.61. The summed E-state index contributed by atoms with van der Waals surface area (Å²) in [6, 6.07) is 1.72. The van der Waals surface area contributed by atoms with Crippen molar-refractivity contribution in [3.63, 3.8) is 0 Å². The molecule has 1 aliphatic heterocycles. The van der Waals surface area contributed by atoms with E-state index in [-0.39, 0.29) is 24.3 Å². The fourth-order valence-electron chi connectivity index (χ4n) is 2.45. The molecular weight excluding hydrogens is 232 g/mol. The van der Waals surface area contributed by atoms with Gasteiger partial charge in [-0.25, -0.2) is 0 Å². The summed E-state index contributed by atoms with van der Waals surface area (Å²) in [7, 11) is 0. The third-order valence-corrected chi connectivity index (χ3v) is 3.36. The zero-order valence-electron chi connectivity index (χ0n) is 10.2. The van der Waals surface area contributed by atoms with Gasteiger partial charge in [-0.3, -0.25) is 9.78 Å². The average molecular weight is 250 g/mol. The highest BCUT2D eigenvalue weighted by molar-refractivity contribution is 5.96. The number of amides is 1. The van der Waals surface area contributed by atoms with Crippen LogP contribution in [0.15, 0.2) is 18.5 Å². The van der Waals surface area contributed by atoms with Crippen LogP contribution in [0.2, 0.25) is 0 Å². The van der Waals surface area contributed by atoms with Crippen LogP contribution >= 0.6 is 0 Å². The fourth-order valence-corrected chi connectivity index (χ4v) is 2.45. The molecule has 18 heavy (non-hydrogen) atoms. The maximum absolute atomic E-state index is 12.3. The van der Waals surface area contributed by atoms with Gasteiger partial charge in [0.25, 0.3) is 5.91 Å². The molecule has 0 aliphatic carbocycles. The summed E-state index contributed by atoms with van der Waals surface area (Å²) in [5.74, 6) is -0.217. The molecule has 2 N–H and O–H groups in total. The lowest BCUT2D eigenvalue weighted by atomic mass is 10.1. The molecule has 0 radical (unpaired) electrons. The summed E-state index contributed by atoms with van der Waals surface area (Å²) in [5, 5.41) is 18.5. The van der Waals surface area contributed by atoms with Crippen LogP contribution in [-0.2, 0) is 0 Å². The van der Waals surface area contributed by atoms with Gasteiger partial charge in [0.2, 0.25) is 0 Å². The van der Waals surface area contributed by atoms with E-state index in [1.54, 1.807) is 11.0 Å². The molecule has 1 saturated heterocycles. The van der Waals surface area contributed by atoms with E-state index in [9.17, 15) is 9.90 Å². The maximum atomic E-state index is 12.3. The van der Waals surface area contributed by atoms with Crippen molar-refractivity contribution in [2.75, 3.05) is 13.2 Å². The van der Waals surface area contributed by atoms with Gasteiger partial charge in [0.1, 0.15) is 5.75 Å². The SMILES string of the molecule is O=C(c1ccncc1O)N1CCCC1CCCO. The Balaban J connectivity index is 2.10. The summed E-state index contributed by atoms with van der Waals surface area (Å²) in [4.78, 5) is 17.9. The van der Waals surface area contributed by atoms with E-state index in [1.807, 2.05) is 0 Å². The van der Waals surface area contributed by atoms with E-state index in [0.29, 0.717) is 12.0 Å². The van der Waals surface area contributed by atoms with Crippen molar-refractivity contribution >= 4 is 5.91 Å². The van der Waals surface area contributed by atoms with Crippen molar-refractivity contribution in [1.82, 2.24) is 9.88 Å². The number of hydrogen-bond donors (Lipinski definition) is 2. The van der Waals surface area contributed by atoms with E-state index >= 15 is 0 Å². The van der Waals surface area contributed by atoms with E-state index < -0.39 is 0 Å². The number of pyridine rings is 1. The molecule has 2 heterocycles. The van der Waals surface area contributed by atoms with Crippen LogP contribution in [0, 0.1) is 0 Å². The van der Waals surface area contributed by atoms with Crippen molar-refractivity contribution < 1.29 is 15.0 Å². The molecule has 2 rings (SSSR count). The zero-order chi connectivity index (χ0) is 13.0. The number of aliphatic hydroxyl groups excluding tert-OH is 1. The van der Waals surface area contributed by atoms with Crippen LogP contribution in [-0.4, -0.2) is 45.2 Å². The molecule has 0 bridgehead atoms. The van der Waals surface area contributed by atoms with Gasteiger partial charge < -0.3 is 15.1 Å². The van der Waals surface area contributed by atoms with Gasteiger partial charge in [-0.05, 0) is 31.7 Å². The highest BCUT2D eigenvalue weighted by atomic mass is 16.3. The lowest BCUT2D eigenvalue weighted by Gasteiger charge is -2.24. The zero-order valence-corrected chi connectivity index (χ0v) is 10.2. The second-order valence-electron chi connectivity index (χ2n) is 4.55. The molecule has 0 aromatic carbocycles. The first-order valence-corrected chi connectivity index (χ1v) is 6.29. The quantitative estimate of drug-likeness (QED) is 0.841. The minimum atomic E-state index is -0.143. The Morgan fingerprint density at radius 2 is 2.39 bits per heavy atom. The molecule has 1 aromatic rings. The Labute approximate surface area is 106 Å². The molecule has 1 fully saturated rings. The Hall–Kier alpha value is -1.62. The summed E-state index contributed by atoms with van der Waals surface area (Å²) < 4.78 is 0. The normalized spacial score (nSPS) is 19.2. The standard InChI is InChI=1S/C13H18N2O3/c16-8-2-4-10-3-1-7-15(10)13(18)11-5-6-14-9-12(11)17/h5-6,9-10,16-17H,1-4,7-8H2. The van der Waals surface area contributed by atoms with E-state index in [1.165, 1.54) is 12.4 Å². The van der Waals surface area contributed by atoms with Crippen molar-refractivity contribution in [3.8, 4) is 5.75 Å². The summed E-state index contributed by atoms with van der Waals surface area (Å²) in [6.07, 6.45) is 6.26. The molecule has 5 nitrogen and oxygen atoms in total. The smallest absolute Gasteiger partial charge is 0.257 e. The monoisotopic (exact) mass is 250 g/mol. The van der Waals surface area contributed by atoms with Crippen molar-refractivity contribution in [1.29, 1.82) is 0 Å². The Bertz CT molecular complexity index is 422. The van der Waals surface area contributed by atoms with Crippen LogP contribution in [0.1, 0.15) is 36.0 Å². The molecule has 0 saturated carbocycles. The molecule has 1 unspecified atom stereocenters. The molecule has 1 amide bonds. The van der Waals surface area contributed by atoms with Gasteiger partial charge in [0.15, 0.2) is 0 Å². The Morgan fingerprint density at radius 1 is 1.56 bits per heavy atom. The lowest BCUT2D eigenvalue weighted by molar-refractivity contribution is 0.0721. The Morgan fingerprint density at radius 3 is 3.11 bits per heavy atom. The highest BCUT2D eigenvalue weighted by Gasteiger charge is 2.29.